The molecular weight excluding hydrogens is 280 g/mol. The quantitative estimate of drug-likeness (QED) is 0.796. The van der Waals surface area contributed by atoms with Crippen molar-refractivity contribution >= 4 is 16.0 Å². The molecule has 0 unspecified atom stereocenters. The number of hydrogen-bond donors (Lipinski definition) is 2. The molecule has 0 aliphatic heterocycles. The minimum Gasteiger partial charge on any atom is -0.320 e. The topological polar surface area (TPSA) is 111 Å². The zero-order valence-corrected chi connectivity index (χ0v) is 11.4. The number of nitrogens with zero attached hydrogens (tertiary/aromatic N) is 2. The van der Waals surface area contributed by atoms with Crippen LogP contribution in [0.3, 0.4) is 0 Å². The highest BCUT2D eigenvalue weighted by Gasteiger charge is 2.17. The van der Waals surface area contributed by atoms with E-state index in [4.69, 9.17) is 10.3 Å². The number of hydrogen-bond acceptors (Lipinski definition) is 6. The molecule has 1 aromatic heterocycles. The fraction of sp³-hybridized carbons (Fsp3) is 0.167. The summed E-state index contributed by atoms with van der Waals surface area (Å²) in [4.78, 5) is 3.85. The molecule has 2 aromatic rings. The lowest BCUT2D eigenvalue weighted by atomic mass is 10.2. The number of nitrogens with two attached hydrogens (primary N) is 1. The Bertz CT molecular complexity index is 754. The number of benzene rings is 1. The first-order valence-corrected chi connectivity index (χ1v) is 7.12. The SMILES string of the molecule is Cc1noc(NS(=O)(=O)c2ccc(C#CCN)cc2)n1. The summed E-state index contributed by atoms with van der Waals surface area (Å²) in [7, 11) is -3.76. The highest BCUT2D eigenvalue weighted by Crippen LogP contribution is 2.14. The fourth-order valence-corrected chi connectivity index (χ4v) is 2.31. The third-order valence-corrected chi connectivity index (χ3v) is 3.58. The van der Waals surface area contributed by atoms with E-state index in [0.717, 1.165) is 0 Å². The van der Waals surface area contributed by atoms with Gasteiger partial charge in [-0.15, -0.1) is 0 Å². The number of nitrogens with one attached hydrogen (secondary N) is 1. The zero-order valence-electron chi connectivity index (χ0n) is 10.6. The first kappa shape index (κ1) is 14.0. The Hall–Kier alpha value is -2.37. The minimum atomic E-state index is -3.76. The van der Waals surface area contributed by atoms with E-state index >= 15 is 0 Å². The highest BCUT2D eigenvalue weighted by atomic mass is 32.2. The number of rotatable bonds is 3. The molecule has 0 radical (unpaired) electrons. The van der Waals surface area contributed by atoms with Gasteiger partial charge in [-0.2, -0.15) is 4.98 Å². The van der Waals surface area contributed by atoms with Gasteiger partial charge in [0, 0.05) is 5.56 Å². The molecule has 20 heavy (non-hydrogen) atoms. The lowest BCUT2D eigenvalue weighted by molar-refractivity contribution is 0.429. The van der Waals surface area contributed by atoms with E-state index in [1.165, 1.54) is 12.1 Å². The Morgan fingerprint density at radius 3 is 2.60 bits per heavy atom. The van der Waals surface area contributed by atoms with Gasteiger partial charge in [-0.1, -0.05) is 17.0 Å². The molecule has 1 aromatic carbocycles. The predicted octanol–water partition coefficient (Wildman–Crippen LogP) is 0.489. The molecule has 2 rings (SSSR count). The number of anilines is 1. The average molecular weight is 292 g/mol. The second-order valence-electron chi connectivity index (χ2n) is 3.78. The van der Waals surface area contributed by atoms with E-state index < -0.39 is 10.0 Å². The van der Waals surface area contributed by atoms with E-state index in [0.29, 0.717) is 11.4 Å². The predicted molar refractivity (Wildman–Crippen MR) is 72.2 cm³/mol. The maximum Gasteiger partial charge on any atom is 0.335 e. The van der Waals surface area contributed by atoms with Crippen molar-refractivity contribution in [1.29, 1.82) is 0 Å². The smallest absolute Gasteiger partial charge is 0.320 e. The molecular formula is C12H12N4O3S. The van der Waals surface area contributed by atoms with Crippen LogP contribution in [-0.4, -0.2) is 25.1 Å². The fourth-order valence-electron chi connectivity index (χ4n) is 1.38. The van der Waals surface area contributed by atoms with Gasteiger partial charge in [0.05, 0.1) is 11.4 Å². The molecule has 0 spiro atoms. The number of aryl methyl sites for hydroxylation is 1. The van der Waals surface area contributed by atoms with Gasteiger partial charge in [-0.05, 0) is 31.2 Å². The summed E-state index contributed by atoms with van der Waals surface area (Å²) in [5.74, 6) is 5.83. The molecule has 104 valence electrons. The first-order chi connectivity index (χ1) is 9.51. The molecule has 0 amide bonds. The molecule has 0 bridgehead atoms. The Morgan fingerprint density at radius 1 is 1.35 bits per heavy atom. The maximum absolute atomic E-state index is 12.0. The van der Waals surface area contributed by atoms with Crippen molar-refractivity contribution in [3.63, 3.8) is 0 Å². The average Bonchev–Trinajstić information content (AvgIpc) is 2.81. The van der Waals surface area contributed by atoms with Crippen LogP contribution >= 0.6 is 0 Å². The van der Waals surface area contributed by atoms with Crippen LogP contribution in [0, 0.1) is 18.8 Å². The normalized spacial score (nSPS) is 10.7. The highest BCUT2D eigenvalue weighted by molar-refractivity contribution is 7.92. The second kappa shape index (κ2) is 5.73. The van der Waals surface area contributed by atoms with Crippen molar-refractivity contribution in [2.24, 2.45) is 5.73 Å². The molecule has 3 N–H and O–H groups in total. The van der Waals surface area contributed by atoms with E-state index in [9.17, 15) is 8.42 Å². The maximum atomic E-state index is 12.0. The van der Waals surface area contributed by atoms with Crippen molar-refractivity contribution in [2.75, 3.05) is 11.3 Å². The van der Waals surface area contributed by atoms with Crippen LogP contribution < -0.4 is 10.5 Å². The Labute approximate surface area is 116 Å². The van der Waals surface area contributed by atoms with Crippen LogP contribution in [0.1, 0.15) is 11.4 Å². The lowest BCUT2D eigenvalue weighted by Crippen LogP contribution is -2.13. The van der Waals surface area contributed by atoms with Crippen LogP contribution in [-0.2, 0) is 10.0 Å². The van der Waals surface area contributed by atoms with E-state index in [-0.39, 0.29) is 17.5 Å². The lowest BCUT2D eigenvalue weighted by Gasteiger charge is -2.03. The third kappa shape index (κ3) is 3.34. The summed E-state index contributed by atoms with van der Waals surface area (Å²) >= 11 is 0. The Morgan fingerprint density at radius 2 is 2.05 bits per heavy atom. The summed E-state index contributed by atoms with van der Waals surface area (Å²) < 4.78 is 31.0. The van der Waals surface area contributed by atoms with Crippen molar-refractivity contribution in [3.8, 4) is 11.8 Å². The summed E-state index contributed by atoms with van der Waals surface area (Å²) in [6, 6.07) is 5.89. The van der Waals surface area contributed by atoms with E-state index in [1.807, 2.05) is 0 Å². The summed E-state index contributed by atoms with van der Waals surface area (Å²) in [6.45, 7) is 1.84. The summed E-state index contributed by atoms with van der Waals surface area (Å²) in [5, 5.41) is 3.50. The minimum absolute atomic E-state index is 0.0756. The van der Waals surface area contributed by atoms with E-state index in [1.54, 1.807) is 19.1 Å². The van der Waals surface area contributed by atoms with Gasteiger partial charge in [0.15, 0.2) is 5.82 Å². The molecule has 0 aliphatic rings. The van der Waals surface area contributed by atoms with Gasteiger partial charge in [-0.3, -0.25) is 0 Å². The van der Waals surface area contributed by atoms with Gasteiger partial charge in [-0.25, -0.2) is 13.1 Å². The van der Waals surface area contributed by atoms with Crippen LogP contribution in [0.25, 0.3) is 0 Å². The van der Waals surface area contributed by atoms with Crippen LogP contribution in [0.15, 0.2) is 33.7 Å². The third-order valence-electron chi connectivity index (χ3n) is 2.25. The zero-order chi connectivity index (χ0) is 14.6. The molecule has 7 nitrogen and oxygen atoms in total. The monoisotopic (exact) mass is 292 g/mol. The van der Waals surface area contributed by atoms with Gasteiger partial charge in [0.2, 0.25) is 0 Å². The van der Waals surface area contributed by atoms with Crippen LogP contribution in [0.5, 0.6) is 0 Å². The Kier molecular flexibility index (Phi) is 4.02. The van der Waals surface area contributed by atoms with Crippen molar-refractivity contribution in [2.45, 2.75) is 11.8 Å². The molecule has 0 atom stereocenters. The largest absolute Gasteiger partial charge is 0.335 e. The van der Waals surface area contributed by atoms with Gasteiger partial charge < -0.3 is 10.3 Å². The molecule has 0 saturated heterocycles. The van der Waals surface area contributed by atoms with Crippen molar-refractivity contribution in [3.05, 3.63) is 35.7 Å². The van der Waals surface area contributed by atoms with Crippen LogP contribution in [0.4, 0.5) is 6.01 Å². The molecule has 0 saturated carbocycles. The molecule has 1 heterocycles. The molecule has 0 fully saturated rings. The van der Waals surface area contributed by atoms with Crippen LogP contribution in [0.2, 0.25) is 0 Å². The summed E-state index contributed by atoms with van der Waals surface area (Å²) in [6.07, 6.45) is 0. The Balaban J connectivity index is 2.21. The standard InChI is InChI=1S/C12H12N4O3S/c1-9-14-12(19-15-9)16-20(17,18)11-6-4-10(5-7-11)3-2-8-13/h4-7H,8,13H2,1H3,(H,14,15,16). The van der Waals surface area contributed by atoms with Gasteiger partial charge >= 0.3 is 6.01 Å². The molecule has 8 heteroatoms. The van der Waals surface area contributed by atoms with E-state index in [2.05, 4.69) is 26.7 Å². The van der Waals surface area contributed by atoms with Gasteiger partial charge in [0.1, 0.15) is 0 Å². The first-order valence-electron chi connectivity index (χ1n) is 5.63. The number of sulfonamides is 1. The number of aromatic nitrogens is 2. The summed E-state index contributed by atoms with van der Waals surface area (Å²) in [5.41, 5.74) is 5.94. The van der Waals surface area contributed by atoms with Crippen molar-refractivity contribution in [1.82, 2.24) is 10.1 Å². The van der Waals surface area contributed by atoms with Gasteiger partial charge in [0.25, 0.3) is 10.0 Å². The van der Waals surface area contributed by atoms with Crippen molar-refractivity contribution < 1.29 is 12.9 Å². The molecule has 0 aliphatic carbocycles. The second-order valence-corrected chi connectivity index (χ2v) is 5.46.